The first-order chi connectivity index (χ1) is 17.0. The topological polar surface area (TPSA) is 57.3 Å². The summed E-state index contributed by atoms with van der Waals surface area (Å²) in [6.45, 7) is 2.06. The Labute approximate surface area is 205 Å². The Bertz CT molecular complexity index is 1350. The van der Waals surface area contributed by atoms with E-state index in [1.54, 1.807) is 35.8 Å². The molecule has 0 aliphatic heterocycles. The van der Waals surface area contributed by atoms with Crippen LogP contribution in [0.4, 0.5) is 26.3 Å². The number of aromatic nitrogens is 2. The first-order valence-corrected chi connectivity index (χ1v) is 11.5. The number of esters is 1. The minimum atomic E-state index is -4.93. The zero-order valence-corrected chi connectivity index (χ0v) is 19.4. The highest BCUT2D eigenvalue weighted by molar-refractivity contribution is 7.98. The molecule has 0 saturated carbocycles. The van der Waals surface area contributed by atoms with E-state index in [0.29, 0.717) is 34.1 Å². The monoisotopic (exact) mass is 528 g/mol. The maximum atomic E-state index is 13.2. The molecule has 190 valence electrons. The maximum Gasteiger partial charge on any atom is 0.416 e. The molecule has 4 rings (SSSR count). The lowest BCUT2D eigenvalue weighted by atomic mass is 10.1. The number of ether oxygens (including phenoxy) is 1. The van der Waals surface area contributed by atoms with Crippen molar-refractivity contribution in [1.82, 2.24) is 9.55 Å². The van der Waals surface area contributed by atoms with Gasteiger partial charge in [-0.2, -0.15) is 26.3 Å². The second-order valence-corrected chi connectivity index (χ2v) is 8.63. The van der Waals surface area contributed by atoms with E-state index in [0.717, 1.165) is 11.8 Å². The van der Waals surface area contributed by atoms with E-state index in [-0.39, 0.29) is 36.1 Å². The van der Waals surface area contributed by atoms with Gasteiger partial charge in [0, 0.05) is 5.75 Å². The normalized spacial score (nSPS) is 12.3. The number of fused-ring (bicyclic) bond motifs is 1. The molecule has 0 spiro atoms. The number of imidazole rings is 1. The third-order valence-corrected chi connectivity index (χ3v) is 6.18. The van der Waals surface area contributed by atoms with Crippen LogP contribution in [0.25, 0.3) is 11.0 Å². The fourth-order valence-corrected chi connectivity index (χ4v) is 4.47. The number of hydrogen-bond acceptors (Lipinski definition) is 5. The fourth-order valence-electron chi connectivity index (χ4n) is 3.52. The number of rotatable bonds is 7. The number of furan rings is 1. The first-order valence-electron chi connectivity index (χ1n) is 10.6. The van der Waals surface area contributed by atoms with Gasteiger partial charge in [0.1, 0.15) is 5.76 Å². The first kappa shape index (κ1) is 25.7. The van der Waals surface area contributed by atoms with Crippen LogP contribution in [0.5, 0.6) is 0 Å². The molecule has 12 heteroatoms. The lowest BCUT2D eigenvalue weighted by Crippen LogP contribution is -2.11. The second-order valence-electron chi connectivity index (χ2n) is 7.69. The zero-order valence-electron chi connectivity index (χ0n) is 18.6. The molecule has 2 aromatic carbocycles. The van der Waals surface area contributed by atoms with E-state index >= 15 is 0 Å². The number of carbonyl (C=O) groups is 1. The minimum absolute atomic E-state index is 0.0945. The van der Waals surface area contributed by atoms with Crippen LogP contribution in [-0.2, 0) is 29.4 Å². The zero-order chi connectivity index (χ0) is 26.1. The van der Waals surface area contributed by atoms with Crippen LogP contribution < -0.4 is 0 Å². The van der Waals surface area contributed by atoms with E-state index in [9.17, 15) is 31.1 Å². The predicted octanol–water partition coefficient (Wildman–Crippen LogP) is 7.18. The van der Waals surface area contributed by atoms with Gasteiger partial charge in [-0.25, -0.2) is 9.78 Å². The standard InChI is InChI=1S/C24H18F6N2O3S/c1-2-34-21(33)15-5-6-20-19(10-15)31-22(32(20)12-18-4-3-7-35-18)36-13-14-8-16(23(25,26)27)11-17(9-14)24(28,29)30/h3-11H,2,12-13H2,1H3. The average Bonchev–Trinajstić information content (AvgIpc) is 3.44. The van der Waals surface area contributed by atoms with Gasteiger partial charge < -0.3 is 13.7 Å². The average molecular weight is 528 g/mol. The Morgan fingerprint density at radius 3 is 2.31 bits per heavy atom. The number of benzene rings is 2. The molecular formula is C24H18F6N2O3S. The van der Waals surface area contributed by atoms with Crippen molar-refractivity contribution in [3.63, 3.8) is 0 Å². The summed E-state index contributed by atoms with van der Waals surface area (Å²) < 4.78 is 91.5. The van der Waals surface area contributed by atoms with Gasteiger partial charge in [-0.3, -0.25) is 0 Å². The van der Waals surface area contributed by atoms with Crippen molar-refractivity contribution in [2.75, 3.05) is 6.61 Å². The van der Waals surface area contributed by atoms with Gasteiger partial charge in [0.25, 0.3) is 0 Å². The Hall–Kier alpha value is -3.41. The number of nitrogens with zero attached hydrogens (tertiary/aromatic N) is 2. The maximum absolute atomic E-state index is 13.2. The van der Waals surface area contributed by atoms with Gasteiger partial charge in [0.05, 0.1) is 47.1 Å². The number of thioether (sulfide) groups is 1. The van der Waals surface area contributed by atoms with Crippen molar-refractivity contribution >= 4 is 28.8 Å². The summed E-state index contributed by atoms with van der Waals surface area (Å²) in [6.07, 6.45) is -8.39. The summed E-state index contributed by atoms with van der Waals surface area (Å²) in [5.74, 6) is -0.193. The molecule has 0 fully saturated rings. The van der Waals surface area contributed by atoms with Crippen LogP contribution >= 0.6 is 11.8 Å². The van der Waals surface area contributed by atoms with Crippen molar-refractivity contribution in [2.45, 2.75) is 36.7 Å². The quantitative estimate of drug-likeness (QED) is 0.144. The van der Waals surface area contributed by atoms with E-state index in [1.165, 1.54) is 12.3 Å². The van der Waals surface area contributed by atoms with E-state index < -0.39 is 29.4 Å². The molecule has 5 nitrogen and oxygen atoms in total. The highest BCUT2D eigenvalue weighted by Gasteiger charge is 2.36. The molecule has 0 atom stereocenters. The van der Waals surface area contributed by atoms with Crippen LogP contribution in [0.2, 0.25) is 0 Å². The van der Waals surface area contributed by atoms with Crippen LogP contribution in [-0.4, -0.2) is 22.1 Å². The third kappa shape index (κ3) is 5.69. The van der Waals surface area contributed by atoms with Gasteiger partial charge in [-0.1, -0.05) is 11.8 Å². The Morgan fingerprint density at radius 2 is 1.72 bits per heavy atom. The summed E-state index contributed by atoms with van der Waals surface area (Å²) >= 11 is 0.970. The number of halogens is 6. The van der Waals surface area contributed by atoms with Gasteiger partial charge in [-0.05, 0) is 61.0 Å². The molecule has 0 N–H and O–H groups in total. The molecule has 0 aliphatic carbocycles. The molecule has 4 aromatic rings. The smallest absolute Gasteiger partial charge is 0.416 e. The Balaban J connectivity index is 1.71. The van der Waals surface area contributed by atoms with Crippen LogP contribution in [0.15, 0.2) is 64.4 Å². The third-order valence-electron chi connectivity index (χ3n) is 5.13. The lowest BCUT2D eigenvalue weighted by Gasteiger charge is -2.14. The summed E-state index contributed by atoms with van der Waals surface area (Å²) in [6, 6.07) is 9.60. The van der Waals surface area contributed by atoms with Crippen LogP contribution in [0.1, 0.15) is 39.7 Å². The predicted molar refractivity (Wildman–Crippen MR) is 120 cm³/mol. The molecule has 0 amide bonds. The van der Waals surface area contributed by atoms with Gasteiger partial charge in [0.2, 0.25) is 0 Å². The minimum Gasteiger partial charge on any atom is -0.467 e. The fraction of sp³-hybridized carbons (Fsp3) is 0.250. The SMILES string of the molecule is CCOC(=O)c1ccc2c(c1)nc(SCc1cc(C(F)(F)F)cc(C(F)(F)F)c1)n2Cc1ccco1. The van der Waals surface area contributed by atoms with Crippen LogP contribution in [0.3, 0.4) is 0 Å². The van der Waals surface area contributed by atoms with Gasteiger partial charge in [-0.15, -0.1) is 0 Å². The summed E-state index contributed by atoms with van der Waals surface area (Å²) in [7, 11) is 0. The van der Waals surface area contributed by atoms with E-state index in [2.05, 4.69) is 4.98 Å². The largest absolute Gasteiger partial charge is 0.467 e. The molecule has 0 aliphatic rings. The molecule has 2 aromatic heterocycles. The molecule has 36 heavy (non-hydrogen) atoms. The van der Waals surface area contributed by atoms with E-state index in [1.807, 2.05) is 0 Å². The van der Waals surface area contributed by atoms with Crippen molar-refractivity contribution in [3.8, 4) is 0 Å². The number of hydrogen-bond donors (Lipinski definition) is 0. The summed E-state index contributed by atoms with van der Waals surface area (Å²) in [4.78, 5) is 16.6. The number of alkyl halides is 6. The molecule has 0 saturated heterocycles. The lowest BCUT2D eigenvalue weighted by molar-refractivity contribution is -0.143. The van der Waals surface area contributed by atoms with Crippen molar-refractivity contribution < 1.29 is 40.3 Å². The summed E-state index contributed by atoms with van der Waals surface area (Å²) in [5, 5.41) is 0.327. The molecule has 0 unspecified atom stereocenters. The molecule has 0 bridgehead atoms. The van der Waals surface area contributed by atoms with E-state index in [4.69, 9.17) is 9.15 Å². The Morgan fingerprint density at radius 1 is 1.03 bits per heavy atom. The molecule has 0 radical (unpaired) electrons. The van der Waals surface area contributed by atoms with Gasteiger partial charge >= 0.3 is 18.3 Å². The highest BCUT2D eigenvalue weighted by atomic mass is 32.2. The summed E-state index contributed by atoms with van der Waals surface area (Å²) in [5.41, 5.74) is -1.65. The molecular weight excluding hydrogens is 510 g/mol. The second kappa shape index (κ2) is 9.92. The number of carbonyl (C=O) groups excluding carboxylic acids is 1. The highest BCUT2D eigenvalue weighted by Crippen LogP contribution is 2.38. The van der Waals surface area contributed by atoms with Crippen molar-refractivity contribution in [3.05, 3.63) is 82.8 Å². The molecule has 2 heterocycles. The van der Waals surface area contributed by atoms with Gasteiger partial charge in [0.15, 0.2) is 5.16 Å². The van der Waals surface area contributed by atoms with Crippen LogP contribution in [0, 0.1) is 0 Å². The van der Waals surface area contributed by atoms with Crippen molar-refractivity contribution in [1.29, 1.82) is 0 Å². The Kier molecular flexibility index (Phi) is 7.07. The van der Waals surface area contributed by atoms with Crippen molar-refractivity contribution in [2.24, 2.45) is 0 Å².